The van der Waals surface area contributed by atoms with Crippen LogP contribution in [0.4, 0.5) is 0 Å². The standard InChI is InChI=1S/C16H16O2/c17-14-3-1-2-11(9-14)8-12-4-5-13-10-15(18)6-7-16(12)13/h1-3,6-7,9-10,12,17-18H,4-5,8H2. The lowest BCUT2D eigenvalue weighted by molar-refractivity contribution is 0.474. The maximum Gasteiger partial charge on any atom is 0.115 e. The molecule has 3 rings (SSSR count). The molecular formula is C16H16O2. The Kier molecular flexibility index (Phi) is 2.71. The Labute approximate surface area is 107 Å². The summed E-state index contributed by atoms with van der Waals surface area (Å²) in [6.07, 6.45) is 3.10. The summed E-state index contributed by atoms with van der Waals surface area (Å²) >= 11 is 0. The van der Waals surface area contributed by atoms with Crippen molar-refractivity contribution in [3.63, 3.8) is 0 Å². The molecule has 1 unspecified atom stereocenters. The van der Waals surface area contributed by atoms with E-state index in [4.69, 9.17) is 0 Å². The molecule has 0 bridgehead atoms. The number of benzene rings is 2. The van der Waals surface area contributed by atoms with Gasteiger partial charge in [-0.05, 0) is 66.1 Å². The molecular weight excluding hydrogens is 224 g/mol. The second kappa shape index (κ2) is 4.37. The third-order valence-corrected chi connectivity index (χ3v) is 3.72. The van der Waals surface area contributed by atoms with Crippen LogP contribution < -0.4 is 0 Å². The lowest BCUT2D eigenvalue weighted by atomic mass is 9.93. The largest absolute Gasteiger partial charge is 0.508 e. The zero-order chi connectivity index (χ0) is 12.5. The molecule has 0 radical (unpaired) electrons. The number of aromatic hydroxyl groups is 2. The van der Waals surface area contributed by atoms with Crippen molar-refractivity contribution in [2.75, 3.05) is 0 Å². The molecule has 2 heteroatoms. The average Bonchev–Trinajstić information content (AvgIpc) is 2.72. The van der Waals surface area contributed by atoms with Gasteiger partial charge in [0.25, 0.3) is 0 Å². The van der Waals surface area contributed by atoms with Gasteiger partial charge < -0.3 is 10.2 Å². The number of fused-ring (bicyclic) bond motifs is 1. The number of hydrogen-bond acceptors (Lipinski definition) is 2. The Hall–Kier alpha value is -1.96. The highest BCUT2D eigenvalue weighted by atomic mass is 16.3. The van der Waals surface area contributed by atoms with Gasteiger partial charge in [0.15, 0.2) is 0 Å². The van der Waals surface area contributed by atoms with Crippen LogP contribution in [0, 0.1) is 0 Å². The summed E-state index contributed by atoms with van der Waals surface area (Å²) < 4.78 is 0. The van der Waals surface area contributed by atoms with Gasteiger partial charge in [0.05, 0.1) is 0 Å². The van der Waals surface area contributed by atoms with Crippen molar-refractivity contribution in [2.45, 2.75) is 25.2 Å². The fraction of sp³-hybridized carbons (Fsp3) is 0.250. The molecule has 2 nitrogen and oxygen atoms in total. The zero-order valence-corrected chi connectivity index (χ0v) is 10.1. The number of phenolic OH excluding ortho intramolecular Hbond substituents is 2. The Balaban J connectivity index is 1.85. The summed E-state index contributed by atoms with van der Waals surface area (Å²) in [5, 5.41) is 19.0. The van der Waals surface area contributed by atoms with Gasteiger partial charge >= 0.3 is 0 Å². The Morgan fingerprint density at radius 3 is 2.67 bits per heavy atom. The summed E-state index contributed by atoms with van der Waals surface area (Å²) in [6.45, 7) is 0. The van der Waals surface area contributed by atoms with Crippen LogP contribution in [0.25, 0.3) is 0 Å². The van der Waals surface area contributed by atoms with Crippen molar-refractivity contribution in [1.82, 2.24) is 0 Å². The van der Waals surface area contributed by atoms with Gasteiger partial charge in [-0.15, -0.1) is 0 Å². The van der Waals surface area contributed by atoms with E-state index in [0.29, 0.717) is 17.4 Å². The van der Waals surface area contributed by atoms with Crippen LogP contribution in [-0.2, 0) is 12.8 Å². The van der Waals surface area contributed by atoms with Crippen molar-refractivity contribution >= 4 is 0 Å². The van der Waals surface area contributed by atoms with Gasteiger partial charge in [0.2, 0.25) is 0 Å². The van der Waals surface area contributed by atoms with Gasteiger partial charge in [-0.3, -0.25) is 0 Å². The van der Waals surface area contributed by atoms with E-state index in [2.05, 4.69) is 6.07 Å². The minimum Gasteiger partial charge on any atom is -0.508 e. The van der Waals surface area contributed by atoms with Crippen molar-refractivity contribution in [2.24, 2.45) is 0 Å². The SMILES string of the molecule is Oc1cccc(CC2CCc3cc(O)ccc32)c1. The van der Waals surface area contributed by atoms with E-state index in [9.17, 15) is 10.2 Å². The quantitative estimate of drug-likeness (QED) is 0.845. The predicted octanol–water partition coefficient (Wildman–Crippen LogP) is 3.37. The average molecular weight is 240 g/mol. The first-order valence-corrected chi connectivity index (χ1v) is 6.32. The first kappa shape index (κ1) is 11.1. The molecule has 0 spiro atoms. The molecule has 1 aliphatic carbocycles. The number of rotatable bonds is 2. The minimum absolute atomic E-state index is 0.330. The van der Waals surface area contributed by atoms with E-state index in [1.165, 1.54) is 16.7 Å². The first-order chi connectivity index (χ1) is 8.72. The predicted molar refractivity (Wildman–Crippen MR) is 71.0 cm³/mol. The molecule has 0 fully saturated rings. The Bertz CT molecular complexity index is 575. The zero-order valence-electron chi connectivity index (χ0n) is 10.1. The lowest BCUT2D eigenvalue weighted by Gasteiger charge is -2.12. The van der Waals surface area contributed by atoms with Crippen molar-refractivity contribution in [3.8, 4) is 11.5 Å². The molecule has 0 aliphatic heterocycles. The molecule has 2 aromatic carbocycles. The Morgan fingerprint density at radius 2 is 1.83 bits per heavy atom. The molecule has 1 aliphatic rings. The third kappa shape index (κ3) is 2.06. The second-order valence-electron chi connectivity index (χ2n) is 4.99. The Morgan fingerprint density at radius 1 is 1.00 bits per heavy atom. The van der Waals surface area contributed by atoms with E-state index in [1.807, 2.05) is 24.3 Å². The van der Waals surface area contributed by atoms with E-state index in [0.717, 1.165) is 19.3 Å². The summed E-state index contributed by atoms with van der Waals surface area (Å²) in [7, 11) is 0. The highest BCUT2D eigenvalue weighted by Crippen LogP contribution is 2.37. The van der Waals surface area contributed by atoms with Gasteiger partial charge in [-0.2, -0.15) is 0 Å². The maximum atomic E-state index is 9.49. The van der Waals surface area contributed by atoms with Crippen LogP contribution in [0.1, 0.15) is 29.0 Å². The summed E-state index contributed by atoms with van der Waals surface area (Å²) in [4.78, 5) is 0. The van der Waals surface area contributed by atoms with Gasteiger partial charge in [-0.1, -0.05) is 18.2 Å². The molecule has 92 valence electrons. The lowest BCUT2D eigenvalue weighted by Crippen LogP contribution is -1.98. The van der Waals surface area contributed by atoms with Crippen LogP contribution >= 0.6 is 0 Å². The highest BCUT2D eigenvalue weighted by Gasteiger charge is 2.22. The van der Waals surface area contributed by atoms with Crippen LogP contribution in [0.2, 0.25) is 0 Å². The molecule has 0 aromatic heterocycles. The molecule has 0 amide bonds. The van der Waals surface area contributed by atoms with Crippen molar-refractivity contribution < 1.29 is 10.2 Å². The summed E-state index contributed by atoms with van der Waals surface area (Å²) in [6, 6.07) is 13.1. The second-order valence-corrected chi connectivity index (χ2v) is 4.99. The van der Waals surface area contributed by atoms with Gasteiger partial charge in [-0.25, -0.2) is 0 Å². The van der Waals surface area contributed by atoms with Gasteiger partial charge in [0.1, 0.15) is 11.5 Å². The fourth-order valence-corrected chi connectivity index (χ4v) is 2.87. The minimum atomic E-state index is 0.330. The van der Waals surface area contributed by atoms with Crippen molar-refractivity contribution in [3.05, 3.63) is 59.2 Å². The fourth-order valence-electron chi connectivity index (χ4n) is 2.87. The monoisotopic (exact) mass is 240 g/mol. The topological polar surface area (TPSA) is 40.5 Å². The summed E-state index contributed by atoms with van der Waals surface area (Å²) in [5.74, 6) is 1.19. The maximum absolute atomic E-state index is 9.49. The van der Waals surface area contributed by atoms with E-state index >= 15 is 0 Å². The number of hydrogen-bond donors (Lipinski definition) is 2. The van der Waals surface area contributed by atoms with Crippen LogP contribution in [0.5, 0.6) is 11.5 Å². The molecule has 2 N–H and O–H groups in total. The summed E-state index contributed by atoms with van der Waals surface area (Å²) in [5.41, 5.74) is 3.78. The third-order valence-electron chi connectivity index (χ3n) is 3.72. The molecule has 0 saturated carbocycles. The van der Waals surface area contributed by atoms with Crippen LogP contribution in [0.3, 0.4) is 0 Å². The number of phenols is 2. The van der Waals surface area contributed by atoms with E-state index in [-0.39, 0.29) is 0 Å². The van der Waals surface area contributed by atoms with Crippen LogP contribution in [0.15, 0.2) is 42.5 Å². The van der Waals surface area contributed by atoms with E-state index < -0.39 is 0 Å². The van der Waals surface area contributed by atoms with Crippen LogP contribution in [-0.4, -0.2) is 10.2 Å². The molecule has 0 saturated heterocycles. The molecule has 0 heterocycles. The highest BCUT2D eigenvalue weighted by molar-refractivity contribution is 5.41. The molecule has 2 aromatic rings. The smallest absolute Gasteiger partial charge is 0.115 e. The first-order valence-electron chi connectivity index (χ1n) is 6.32. The molecule has 18 heavy (non-hydrogen) atoms. The normalized spacial score (nSPS) is 17.7. The van der Waals surface area contributed by atoms with Gasteiger partial charge in [0, 0.05) is 0 Å². The van der Waals surface area contributed by atoms with Crippen molar-refractivity contribution in [1.29, 1.82) is 0 Å². The number of aryl methyl sites for hydroxylation is 1. The molecule has 1 atom stereocenters. The van der Waals surface area contributed by atoms with E-state index in [1.54, 1.807) is 12.1 Å².